The van der Waals surface area contributed by atoms with Gasteiger partial charge in [0.05, 0.1) is 0 Å². The summed E-state index contributed by atoms with van der Waals surface area (Å²) in [6.07, 6.45) is 0. The Morgan fingerprint density at radius 1 is 0.667 bits per heavy atom. The Balaban J connectivity index is -0.0000000184. The maximum absolute atomic E-state index is 8.64. The van der Waals surface area contributed by atoms with Crippen LogP contribution in [0.2, 0.25) is 0 Å². The van der Waals surface area contributed by atoms with Gasteiger partial charge in [-0.3, -0.25) is 14.6 Å². The first-order valence-electron chi connectivity index (χ1n) is 2.17. The molecule has 0 heterocycles. The van der Waals surface area contributed by atoms with Crippen molar-refractivity contribution in [3.8, 4) is 0 Å². The fraction of sp³-hybridized carbons (Fsp3) is 0. The van der Waals surface area contributed by atoms with Crippen molar-refractivity contribution in [2.75, 3.05) is 0 Å². The van der Waals surface area contributed by atoms with Crippen LogP contribution in [0.25, 0.3) is 0 Å². The van der Waals surface area contributed by atoms with Crippen LogP contribution in [-0.4, -0.2) is 69.7 Å². The van der Waals surface area contributed by atoms with Gasteiger partial charge in [-0.15, -0.1) is 0 Å². The summed E-state index contributed by atoms with van der Waals surface area (Å²) in [6, 6.07) is 0. The summed E-state index contributed by atoms with van der Waals surface area (Å²) in [5, 5.41) is 73.2. The molecule has 0 aliphatic rings. The first-order valence-corrected chi connectivity index (χ1v) is 2.17. The first kappa shape index (κ1) is 36.0. The van der Waals surface area contributed by atoms with E-state index in [2.05, 4.69) is 0 Å². The molecule has 0 aliphatic heterocycles. The molecule has 0 bridgehead atoms. The minimum absolute atomic E-state index is 0. The molecule has 15 heteroatoms. The second kappa shape index (κ2) is 29.9. The van der Waals surface area contributed by atoms with Crippen molar-refractivity contribution < 1.29 is 90.6 Å². The van der Waals surface area contributed by atoms with Crippen molar-refractivity contribution in [3.63, 3.8) is 0 Å². The average molecular weight is 392 g/mol. The average Bonchev–Trinajstić information content (AvgIpc) is 1.54. The van der Waals surface area contributed by atoms with Crippen LogP contribution in [0.5, 0.6) is 0 Å². The molecule has 0 spiro atoms. The molecule has 0 aliphatic carbocycles. The molecule has 0 fully saturated rings. The van der Waals surface area contributed by atoms with Gasteiger partial charge in [0.1, 0.15) is 0 Å². The van der Waals surface area contributed by atoms with Crippen LogP contribution in [0.15, 0.2) is 0 Å². The molecule has 0 unspecified atom stereocenters. The van der Waals surface area contributed by atoms with Crippen LogP contribution in [0.4, 0.5) is 0 Å². The zero-order valence-electron chi connectivity index (χ0n) is 6.95. The van der Waals surface area contributed by atoms with Gasteiger partial charge < -0.3 is 45.2 Å². The minimum atomic E-state index is -2.92. The van der Waals surface area contributed by atoms with E-state index in [1.165, 1.54) is 0 Å². The molecule has 0 aromatic carbocycles. The summed E-state index contributed by atoms with van der Waals surface area (Å²) in [5.41, 5.74) is 0. The fourth-order valence-corrected chi connectivity index (χ4v) is 0. The predicted octanol–water partition coefficient (Wildman–Crippen LogP) is -11.1. The monoisotopic (exact) mass is 393 g/mol. The third kappa shape index (κ3) is 598. The summed E-state index contributed by atoms with van der Waals surface area (Å²) in [5.74, 6) is 0. The molecule has 0 aromatic rings. The van der Waals surface area contributed by atoms with Crippen molar-refractivity contribution in [2.45, 2.75) is 0 Å². The number of hydrogen-bond acceptors (Lipinski definition) is 9. The molecule has 15 heavy (non-hydrogen) atoms. The number of hydrogen-bond donors (Lipinski definition) is 2. The molecule has 0 saturated heterocycles. The molecule has 5 radical (unpaired) electrons. The van der Waals surface area contributed by atoms with Gasteiger partial charge in [0, 0.05) is 0 Å². The summed E-state index contributed by atoms with van der Waals surface area (Å²) in [6.45, 7) is 0. The van der Waals surface area contributed by atoms with Gasteiger partial charge in [-0.25, -0.2) is 0 Å². The van der Waals surface area contributed by atoms with Gasteiger partial charge in [-0.05, 0) is 0 Å². The summed E-state index contributed by atoms with van der Waals surface area (Å²) >= 11 is 0. The van der Waals surface area contributed by atoms with Crippen molar-refractivity contribution in [1.29, 1.82) is 0 Å². The van der Waals surface area contributed by atoms with Gasteiger partial charge in [0.2, 0.25) is 0 Å². The normalized spacial score (nSPS) is 5.40. The summed E-state index contributed by atoms with van der Waals surface area (Å²) in [4.78, 5) is 0. The van der Waals surface area contributed by atoms with E-state index in [-0.39, 0.29) is 83.2 Å². The Kier molecular flexibility index (Phi) is 71.8. The smallest absolute Gasteiger partial charge is 0.907 e. The van der Waals surface area contributed by atoms with E-state index in [9.17, 15) is 0 Å². The predicted molar refractivity (Wildman–Crippen MR) is 28.1 cm³/mol. The molecule has 0 aromatic heterocycles. The van der Waals surface area contributed by atoms with Crippen molar-refractivity contribution in [3.05, 3.63) is 0 Å². The quantitative estimate of drug-likeness (QED) is 0.372. The SMILES string of the molecule is [Ca+2].[Gd+3].[O+2].[O-]B(O)O.[O-]B([O-])[O-].[O-]B([O-])[O-]. The van der Waals surface area contributed by atoms with E-state index in [1.807, 2.05) is 0 Å². The van der Waals surface area contributed by atoms with E-state index in [0.717, 1.165) is 0 Å². The van der Waals surface area contributed by atoms with E-state index < -0.39 is 22.0 Å². The molecule has 10 nitrogen and oxygen atoms in total. The molecule has 0 saturated carbocycles. The van der Waals surface area contributed by atoms with Gasteiger partial charge >= 0.3 is 90.5 Å². The Hall–Kier alpha value is 2.38. The standard InChI is InChI=1S/BH2O3.2BO3.Ca.Gd.O/c3*2-1(3)4;;;/h2-3H;;;;;/q-1;2*-3;+2;+3;+2. The Labute approximate surface area is 148 Å². The topological polar surface area (TPSA) is 230 Å². The Morgan fingerprint density at radius 2 is 0.667 bits per heavy atom. The Bertz CT molecular complexity index is 49.2. The van der Waals surface area contributed by atoms with Gasteiger partial charge in [-0.2, -0.15) is 0 Å². The third-order valence-corrected chi connectivity index (χ3v) is 0. The second-order valence-corrected chi connectivity index (χ2v) is 0.904. The summed E-state index contributed by atoms with van der Waals surface area (Å²) < 4.78 is 0. The van der Waals surface area contributed by atoms with E-state index in [0.29, 0.717) is 0 Å². The van der Waals surface area contributed by atoms with Crippen molar-refractivity contribution >= 4 is 59.7 Å². The third-order valence-electron chi connectivity index (χ3n) is 0. The largest absolute Gasteiger partial charge is 3.00 e. The molecule has 0 rings (SSSR count). The van der Waals surface area contributed by atoms with Crippen molar-refractivity contribution in [1.82, 2.24) is 0 Å². The van der Waals surface area contributed by atoms with Crippen LogP contribution in [0.3, 0.4) is 0 Å². The van der Waals surface area contributed by atoms with Crippen molar-refractivity contribution in [2.24, 2.45) is 0 Å². The zero-order chi connectivity index (χ0) is 10.7. The van der Waals surface area contributed by atoms with Crippen LogP contribution < -0.4 is 35.2 Å². The van der Waals surface area contributed by atoms with Gasteiger partial charge in [0.15, 0.2) is 0 Å². The van der Waals surface area contributed by atoms with Crippen LogP contribution in [-0.2, 0) is 5.48 Å². The second-order valence-electron chi connectivity index (χ2n) is 0.904. The molecular formula is H2B3CaGdO10. The first-order chi connectivity index (χ1) is 5.20. The fourth-order valence-electron chi connectivity index (χ4n) is 0. The van der Waals surface area contributed by atoms with Gasteiger partial charge in [0.25, 0.3) is 0 Å². The van der Waals surface area contributed by atoms with Gasteiger partial charge in [-0.1, -0.05) is 0 Å². The van der Waals surface area contributed by atoms with Crippen LogP contribution in [0.1, 0.15) is 0 Å². The maximum Gasteiger partial charge on any atom is 3.00 e. The molecule has 81 valence electrons. The summed E-state index contributed by atoms with van der Waals surface area (Å²) in [7, 11) is -8.25. The van der Waals surface area contributed by atoms with Crippen LogP contribution in [0, 0.1) is 39.9 Å². The molecule has 0 amide bonds. The van der Waals surface area contributed by atoms with E-state index in [4.69, 9.17) is 45.2 Å². The molecular weight excluding hydrogens is 390 g/mol. The molecule has 0 atom stereocenters. The minimum Gasteiger partial charge on any atom is -0.907 e. The Morgan fingerprint density at radius 3 is 0.667 bits per heavy atom. The maximum atomic E-state index is 8.64. The zero-order valence-corrected chi connectivity index (χ0v) is 11.4. The number of rotatable bonds is 0. The van der Waals surface area contributed by atoms with Crippen LogP contribution >= 0.6 is 0 Å². The van der Waals surface area contributed by atoms with E-state index in [1.54, 1.807) is 0 Å². The molecule has 2 N–H and O–H groups in total. The van der Waals surface area contributed by atoms with E-state index >= 15 is 0 Å².